The van der Waals surface area contributed by atoms with Crippen molar-refractivity contribution in [3.05, 3.63) is 29.8 Å². The van der Waals surface area contributed by atoms with Crippen LogP contribution in [0.3, 0.4) is 0 Å². The lowest BCUT2D eigenvalue weighted by Gasteiger charge is -2.30. The van der Waals surface area contributed by atoms with Gasteiger partial charge in [0.2, 0.25) is 11.8 Å². The number of ether oxygens (including phenoxy) is 1. The number of rotatable bonds is 12. The van der Waals surface area contributed by atoms with Crippen molar-refractivity contribution >= 4 is 33.7 Å². The summed E-state index contributed by atoms with van der Waals surface area (Å²) in [6.07, 6.45) is 1.99. The number of carbonyl (C=O) groups excluding carboxylic acids is 3. The standard InChI is InChI=1S/C25H39BrN2O5/c1-16(2)14-20(19(8-7-13-26)24(32)33-25(3,4)5)22(30)28-21(23(31)27-6)15-17-9-11-18(29)12-10-17/h9-12,16,19-21,29H,7-8,13-15H2,1-6H3,(H,27,31)(H,28,30)/t19-,20+,21-/m0/s1. The van der Waals surface area contributed by atoms with E-state index in [4.69, 9.17) is 4.74 Å². The van der Waals surface area contributed by atoms with Gasteiger partial charge < -0.3 is 20.5 Å². The van der Waals surface area contributed by atoms with E-state index < -0.39 is 23.5 Å². The molecule has 0 aromatic heterocycles. The molecule has 33 heavy (non-hydrogen) atoms. The topological polar surface area (TPSA) is 105 Å². The minimum absolute atomic E-state index is 0.128. The van der Waals surface area contributed by atoms with E-state index in [1.807, 2.05) is 34.6 Å². The predicted octanol–water partition coefficient (Wildman–Crippen LogP) is 3.96. The highest BCUT2D eigenvalue weighted by atomic mass is 79.9. The highest BCUT2D eigenvalue weighted by molar-refractivity contribution is 9.09. The van der Waals surface area contributed by atoms with Crippen molar-refractivity contribution in [2.24, 2.45) is 17.8 Å². The molecule has 0 radical (unpaired) electrons. The first-order chi connectivity index (χ1) is 15.4. The van der Waals surface area contributed by atoms with Gasteiger partial charge in [-0.25, -0.2) is 0 Å². The summed E-state index contributed by atoms with van der Waals surface area (Å²) >= 11 is 3.41. The van der Waals surface area contributed by atoms with Gasteiger partial charge in [0, 0.05) is 18.8 Å². The van der Waals surface area contributed by atoms with Crippen LogP contribution >= 0.6 is 15.9 Å². The number of alkyl halides is 1. The molecule has 2 amide bonds. The number of nitrogens with one attached hydrogen (secondary N) is 2. The molecule has 0 heterocycles. The quantitative estimate of drug-likeness (QED) is 0.282. The molecule has 0 saturated heterocycles. The molecule has 186 valence electrons. The Morgan fingerprint density at radius 3 is 2.15 bits per heavy atom. The van der Waals surface area contributed by atoms with Crippen molar-refractivity contribution in [1.82, 2.24) is 10.6 Å². The average molecular weight is 528 g/mol. The number of hydrogen-bond donors (Lipinski definition) is 3. The number of carbonyl (C=O) groups is 3. The monoisotopic (exact) mass is 526 g/mol. The summed E-state index contributed by atoms with van der Waals surface area (Å²) in [5.74, 6) is -1.97. The fourth-order valence-corrected chi connectivity index (χ4v) is 3.97. The third-order valence-electron chi connectivity index (χ3n) is 5.16. The van der Waals surface area contributed by atoms with E-state index >= 15 is 0 Å². The third-order valence-corrected chi connectivity index (χ3v) is 5.72. The molecule has 1 aromatic rings. The number of phenolic OH excluding ortho intramolecular Hbond substituents is 1. The van der Waals surface area contributed by atoms with Crippen LogP contribution in [0.25, 0.3) is 0 Å². The summed E-state index contributed by atoms with van der Waals surface area (Å²) in [6.45, 7) is 9.43. The van der Waals surface area contributed by atoms with Crippen molar-refractivity contribution in [3.8, 4) is 5.75 Å². The Kier molecular flexibility index (Phi) is 11.9. The molecule has 3 atom stereocenters. The second-order valence-corrected chi connectivity index (χ2v) is 10.5. The summed E-state index contributed by atoms with van der Waals surface area (Å²) in [5, 5.41) is 15.7. The van der Waals surface area contributed by atoms with Gasteiger partial charge in [-0.15, -0.1) is 0 Å². The van der Waals surface area contributed by atoms with Gasteiger partial charge in [0.15, 0.2) is 0 Å². The molecule has 0 fully saturated rings. The van der Waals surface area contributed by atoms with Crippen molar-refractivity contribution in [3.63, 3.8) is 0 Å². The summed E-state index contributed by atoms with van der Waals surface area (Å²) < 4.78 is 5.65. The smallest absolute Gasteiger partial charge is 0.310 e. The Balaban J connectivity index is 3.18. The van der Waals surface area contributed by atoms with Gasteiger partial charge in [-0.3, -0.25) is 14.4 Å². The second-order valence-electron chi connectivity index (χ2n) is 9.75. The SMILES string of the molecule is CNC(=O)[C@H](Cc1ccc(O)cc1)NC(=O)[C@H](CC(C)C)[C@H](CCCBr)C(=O)OC(C)(C)C. The van der Waals surface area contributed by atoms with Crippen LogP contribution in [0.5, 0.6) is 5.75 Å². The highest BCUT2D eigenvalue weighted by Crippen LogP contribution is 2.29. The number of likely N-dealkylation sites (N-methyl/N-ethyl adjacent to an activating group) is 1. The number of amides is 2. The molecule has 0 aliphatic heterocycles. The zero-order valence-electron chi connectivity index (χ0n) is 20.6. The van der Waals surface area contributed by atoms with Crippen LogP contribution in [0.2, 0.25) is 0 Å². The molecule has 0 aliphatic carbocycles. The van der Waals surface area contributed by atoms with E-state index in [-0.39, 0.29) is 35.9 Å². The van der Waals surface area contributed by atoms with Crippen LogP contribution in [0, 0.1) is 17.8 Å². The maximum Gasteiger partial charge on any atom is 0.310 e. The Morgan fingerprint density at radius 1 is 1.06 bits per heavy atom. The highest BCUT2D eigenvalue weighted by Gasteiger charge is 2.37. The first-order valence-electron chi connectivity index (χ1n) is 11.5. The van der Waals surface area contributed by atoms with E-state index in [1.165, 1.54) is 7.05 Å². The molecule has 0 bridgehead atoms. The van der Waals surface area contributed by atoms with E-state index in [0.717, 1.165) is 12.0 Å². The normalized spacial score (nSPS) is 14.3. The Hall–Kier alpha value is -2.09. The molecule has 7 nitrogen and oxygen atoms in total. The van der Waals surface area contributed by atoms with Crippen LogP contribution in [-0.2, 0) is 25.5 Å². The lowest BCUT2D eigenvalue weighted by Crippen LogP contribution is -2.51. The summed E-state index contributed by atoms with van der Waals surface area (Å²) in [4.78, 5) is 39.1. The molecular formula is C25H39BrN2O5. The summed E-state index contributed by atoms with van der Waals surface area (Å²) in [5.41, 5.74) is 0.136. The number of hydrogen-bond acceptors (Lipinski definition) is 5. The zero-order valence-corrected chi connectivity index (χ0v) is 22.2. The fourth-order valence-electron chi connectivity index (χ4n) is 3.65. The molecule has 3 N–H and O–H groups in total. The second kappa shape index (κ2) is 13.6. The predicted molar refractivity (Wildman–Crippen MR) is 133 cm³/mol. The summed E-state index contributed by atoms with van der Waals surface area (Å²) in [6, 6.07) is 5.69. The maximum absolute atomic E-state index is 13.5. The molecular weight excluding hydrogens is 488 g/mol. The minimum Gasteiger partial charge on any atom is -0.508 e. The molecule has 0 aliphatic rings. The van der Waals surface area contributed by atoms with Gasteiger partial charge in [-0.2, -0.15) is 0 Å². The average Bonchev–Trinajstić information content (AvgIpc) is 2.72. The van der Waals surface area contributed by atoms with Crippen LogP contribution in [0.4, 0.5) is 0 Å². The van der Waals surface area contributed by atoms with Crippen LogP contribution in [-0.4, -0.2) is 46.9 Å². The zero-order chi connectivity index (χ0) is 25.2. The first kappa shape index (κ1) is 28.9. The molecule has 0 unspecified atom stereocenters. The molecule has 0 spiro atoms. The minimum atomic E-state index is -0.808. The van der Waals surface area contributed by atoms with E-state index in [2.05, 4.69) is 26.6 Å². The van der Waals surface area contributed by atoms with Gasteiger partial charge in [0.1, 0.15) is 17.4 Å². The number of halogens is 1. The Morgan fingerprint density at radius 2 is 1.67 bits per heavy atom. The fraction of sp³-hybridized carbons (Fsp3) is 0.640. The number of esters is 1. The Labute approximate surface area is 206 Å². The van der Waals surface area contributed by atoms with Gasteiger partial charge in [0.05, 0.1) is 11.8 Å². The number of aromatic hydroxyl groups is 1. The third kappa shape index (κ3) is 10.6. The molecule has 1 aromatic carbocycles. The van der Waals surface area contributed by atoms with Crippen LogP contribution < -0.4 is 10.6 Å². The largest absolute Gasteiger partial charge is 0.508 e. The first-order valence-corrected chi connectivity index (χ1v) is 12.6. The van der Waals surface area contributed by atoms with Gasteiger partial charge in [-0.1, -0.05) is 41.9 Å². The van der Waals surface area contributed by atoms with E-state index in [1.54, 1.807) is 24.3 Å². The molecule has 8 heteroatoms. The Bertz CT molecular complexity index is 774. The van der Waals surface area contributed by atoms with Gasteiger partial charge in [0.25, 0.3) is 0 Å². The lowest BCUT2D eigenvalue weighted by molar-refractivity contribution is -0.164. The van der Waals surface area contributed by atoms with Crippen LogP contribution in [0.1, 0.15) is 59.4 Å². The number of benzene rings is 1. The van der Waals surface area contributed by atoms with Gasteiger partial charge >= 0.3 is 5.97 Å². The van der Waals surface area contributed by atoms with Crippen molar-refractivity contribution in [2.75, 3.05) is 12.4 Å². The molecule has 0 saturated carbocycles. The van der Waals surface area contributed by atoms with Crippen molar-refractivity contribution in [1.29, 1.82) is 0 Å². The van der Waals surface area contributed by atoms with E-state index in [9.17, 15) is 19.5 Å². The van der Waals surface area contributed by atoms with E-state index in [0.29, 0.717) is 18.2 Å². The molecule has 1 rings (SSSR count). The lowest BCUT2D eigenvalue weighted by atomic mass is 9.81. The van der Waals surface area contributed by atoms with Crippen LogP contribution in [0.15, 0.2) is 24.3 Å². The van der Waals surface area contributed by atoms with Crippen molar-refractivity contribution < 1.29 is 24.2 Å². The number of phenols is 1. The summed E-state index contributed by atoms with van der Waals surface area (Å²) in [7, 11) is 1.52. The van der Waals surface area contributed by atoms with Crippen molar-refractivity contribution in [2.45, 2.75) is 71.9 Å². The maximum atomic E-state index is 13.5. The van der Waals surface area contributed by atoms with Gasteiger partial charge in [-0.05, 0) is 63.6 Å².